The van der Waals surface area contributed by atoms with E-state index < -0.39 is 11.9 Å². The van der Waals surface area contributed by atoms with E-state index in [0.717, 1.165) is 41.8 Å². The number of hydrogen-bond donors (Lipinski definition) is 0. The monoisotopic (exact) mass is 434 g/mol. The van der Waals surface area contributed by atoms with Crippen molar-refractivity contribution >= 4 is 23.2 Å². The Balaban J connectivity index is 1.52. The van der Waals surface area contributed by atoms with Gasteiger partial charge in [0.05, 0.1) is 6.04 Å². The number of benzene rings is 1. The molecule has 1 saturated heterocycles. The van der Waals surface area contributed by atoms with Crippen molar-refractivity contribution in [3.63, 3.8) is 0 Å². The lowest BCUT2D eigenvalue weighted by Gasteiger charge is -2.24. The molecule has 0 bridgehead atoms. The van der Waals surface area contributed by atoms with E-state index in [2.05, 4.69) is 10.1 Å². The number of alkyl halides is 3. The smallest absolute Gasteiger partial charge is 0.330 e. The molecule has 156 valence electrons. The molecule has 1 saturated carbocycles. The Morgan fingerprint density at radius 3 is 2.50 bits per heavy atom. The molecule has 1 aliphatic carbocycles. The lowest BCUT2D eigenvalue weighted by molar-refractivity contribution is -0.142. The van der Waals surface area contributed by atoms with Gasteiger partial charge in [-0.15, -0.1) is 0 Å². The van der Waals surface area contributed by atoms with Gasteiger partial charge in [-0.1, -0.05) is 23.7 Å². The lowest BCUT2D eigenvalue weighted by Crippen LogP contribution is -2.31. The highest BCUT2D eigenvalue weighted by Gasteiger charge is 2.38. The normalized spacial score (nSPS) is 19.6. The van der Waals surface area contributed by atoms with Crippen LogP contribution in [0.2, 0.25) is 5.02 Å². The SMILES string of the molecule is O=C(c1cc2nc(C3CC3)cc(C(F)(F)F)n2n1)N1CCCC1c1ccc(Cl)cc1. The van der Waals surface area contributed by atoms with Gasteiger partial charge in [0.1, 0.15) is 5.69 Å². The van der Waals surface area contributed by atoms with Crippen LogP contribution in [0.1, 0.15) is 65.1 Å². The molecular weight excluding hydrogens is 417 g/mol. The van der Waals surface area contributed by atoms with Gasteiger partial charge in [-0.05, 0) is 49.4 Å². The van der Waals surface area contributed by atoms with E-state index >= 15 is 0 Å². The minimum absolute atomic E-state index is 0.0261. The second kappa shape index (κ2) is 6.97. The quantitative estimate of drug-likeness (QED) is 0.565. The number of halogens is 4. The van der Waals surface area contributed by atoms with Crippen LogP contribution in [0.4, 0.5) is 13.2 Å². The zero-order valence-corrected chi connectivity index (χ0v) is 16.6. The van der Waals surface area contributed by atoms with Gasteiger partial charge >= 0.3 is 6.18 Å². The minimum atomic E-state index is -4.59. The molecule has 0 N–H and O–H groups in total. The molecule has 0 radical (unpaired) electrons. The molecule has 2 aliphatic rings. The Labute approximate surface area is 175 Å². The molecule has 1 unspecified atom stereocenters. The summed E-state index contributed by atoms with van der Waals surface area (Å²) in [5.74, 6) is -0.336. The average Bonchev–Trinajstić information content (AvgIpc) is 3.28. The number of amides is 1. The third kappa shape index (κ3) is 3.43. The molecule has 1 aliphatic heterocycles. The van der Waals surface area contributed by atoms with Gasteiger partial charge in [0.15, 0.2) is 11.3 Å². The first-order valence-electron chi connectivity index (χ1n) is 9.85. The summed E-state index contributed by atoms with van der Waals surface area (Å²) in [6.45, 7) is 0.521. The van der Waals surface area contributed by atoms with E-state index in [-0.39, 0.29) is 29.2 Å². The van der Waals surface area contributed by atoms with Crippen molar-refractivity contribution in [2.24, 2.45) is 0 Å². The van der Waals surface area contributed by atoms with Crippen LogP contribution < -0.4 is 0 Å². The molecule has 3 heterocycles. The minimum Gasteiger partial charge on any atom is -0.330 e. The molecule has 5 nitrogen and oxygen atoms in total. The molecular formula is C21H18ClF3N4O. The van der Waals surface area contributed by atoms with Gasteiger partial charge in [-0.3, -0.25) is 4.79 Å². The van der Waals surface area contributed by atoms with Crippen molar-refractivity contribution in [3.8, 4) is 0 Å². The molecule has 9 heteroatoms. The molecule has 1 aromatic carbocycles. The summed E-state index contributed by atoms with van der Waals surface area (Å²) in [5.41, 5.74) is 0.483. The summed E-state index contributed by atoms with van der Waals surface area (Å²) in [6.07, 6.45) is -1.34. The van der Waals surface area contributed by atoms with Crippen molar-refractivity contribution in [2.75, 3.05) is 6.54 Å². The summed E-state index contributed by atoms with van der Waals surface area (Å²) in [4.78, 5) is 19.2. The topological polar surface area (TPSA) is 50.5 Å². The first-order chi connectivity index (χ1) is 14.3. The van der Waals surface area contributed by atoms with Crippen LogP contribution >= 0.6 is 11.6 Å². The van der Waals surface area contributed by atoms with Crippen molar-refractivity contribution in [1.82, 2.24) is 19.5 Å². The van der Waals surface area contributed by atoms with Crippen LogP contribution in [0, 0.1) is 0 Å². The van der Waals surface area contributed by atoms with Gasteiger partial charge in [0.25, 0.3) is 5.91 Å². The number of hydrogen-bond acceptors (Lipinski definition) is 3. The zero-order chi connectivity index (χ0) is 21.0. The summed E-state index contributed by atoms with van der Waals surface area (Å²) in [7, 11) is 0. The van der Waals surface area contributed by atoms with Crippen LogP contribution in [0.15, 0.2) is 36.4 Å². The standard InChI is InChI=1S/C21H18ClF3N4O/c22-14-7-5-13(6-8-14)17-2-1-9-28(17)20(30)16-11-19-26-15(12-3-4-12)10-18(21(23,24)25)29(19)27-16/h5-8,10-12,17H,1-4,9H2. The van der Waals surface area contributed by atoms with Crippen molar-refractivity contribution in [2.45, 2.75) is 43.8 Å². The summed E-state index contributed by atoms with van der Waals surface area (Å²) < 4.78 is 41.6. The number of carbonyl (C=O) groups is 1. The summed E-state index contributed by atoms with van der Waals surface area (Å²) in [6, 6.07) is 9.53. The van der Waals surface area contributed by atoms with E-state index in [4.69, 9.17) is 11.6 Å². The Morgan fingerprint density at radius 1 is 1.10 bits per heavy atom. The highest BCUT2D eigenvalue weighted by atomic mass is 35.5. The number of nitrogens with zero attached hydrogens (tertiary/aromatic N) is 4. The van der Waals surface area contributed by atoms with Crippen LogP contribution in [0.3, 0.4) is 0 Å². The van der Waals surface area contributed by atoms with Crippen LogP contribution in [0.5, 0.6) is 0 Å². The molecule has 2 fully saturated rings. The highest BCUT2D eigenvalue weighted by molar-refractivity contribution is 6.30. The number of aromatic nitrogens is 3. The molecule has 30 heavy (non-hydrogen) atoms. The highest BCUT2D eigenvalue weighted by Crippen LogP contribution is 2.41. The third-order valence-electron chi connectivity index (χ3n) is 5.72. The fourth-order valence-electron chi connectivity index (χ4n) is 4.08. The molecule has 2 aromatic heterocycles. The van der Waals surface area contributed by atoms with E-state index in [0.29, 0.717) is 17.3 Å². The summed E-state index contributed by atoms with van der Waals surface area (Å²) in [5, 5.41) is 4.61. The Bertz CT molecular complexity index is 1120. The summed E-state index contributed by atoms with van der Waals surface area (Å²) >= 11 is 5.96. The van der Waals surface area contributed by atoms with Crippen LogP contribution in [0.25, 0.3) is 5.65 Å². The fourth-order valence-corrected chi connectivity index (χ4v) is 4.20. The third-order valence-corrected chi connectivity index (χ3v) is 5.97. The molecule has 1 amide bonds. The molecule has 5 rings (SSSR count). The van der Waals surface area contributed by atoms with Gasteiger partial charge < -0.3 is 4.90 Å². The van der Waals surface area contributed by atoms with Gasteiger partial charge in [0, 0.05) is 29.2 Å². The van der Waals surface area contributed by atoms with E-state index in [1.54, 1.807) is 17.0 Å². The maximum atomic E-state index is 13.6. The average molecular weight is 435 g/mol. The predicted molar refractivity (Wildman–Crippen MR) is 104 cm³/mol. The largest absolute Gasteiger partial charge is 0.433 e. The number of carbonyl (C=O) groups excluding carboxylic acids is 1. The Kier molecular flexibility index (Phi) is 4.50. The lowest BCUT2D eigenvalue weighted by atomic mass is 10.0. The van der Waals surface area contributed by atoms with Crippen molar-refractivity contribution in [3.05, 3.63) is 64.1 Å². The van der Waals surface area contributed by atoms with Gasteiger partial charge in [-0.2, -0.15) is 18.3 Å². The first kappa shape index (κ1) is 19.4. The van der Waals surface area contributed by atoms with E-state index in [9.17, 15) is 18.0 Å². The second-order valence-electron chi connectivity index (χ2n) is 7.85. The fraction of sp³-hybridized carbons (Fsp3) is 0.381. The molecule has 3 aromatic rings. The van der Waals surface area contributed by atoms with E-state index in [1.165, 1.54) is 6.07 Å². The number of fused-ring (bicyclic) bond motifs is 1. The van der Waals surface area contributed by atoms with Crippen LogP contribution in [-0.4, -0.2) is 31.9 Å². The van der Waals surface area contributed by atoms with E-state index in [1.807, 2.05) is 12.1 Å². The second-order valence-corrected chi connectivity index (χ2v) is 8.28. The molecule has 1 atom stereocenters. The predicted octanol–water partition coefficient (Wildman–Crippen LogP) is 5.26. The molecule has 0 spiro atoms. The van der Waals surface area contributed by atoms with Gasteiger partial charge in [0.2, 0.25) is 0 Å². The van der Waals surface area contributed by atoms with Crippen molar-refractivity contribution < 1.29 is 18.0 Å². The van der Waals surface area contributed by atoms with Crippen molar-refractivity contribution in [1.29, 1.82) is 0 Å². The maximum absolute atomic E-state index is 13.6. The maximum Gasteiger partial charge on any atom is 0.433 e. The zero-order valence-electron chi connectivity index (χ0n) is 15.9. The Morgan fingerprint density at radius 2 is 1.83 bits per heavy atom. The first-order valence-corrected chi connectivity index (χ1v) is 10.2. The van der Waals surface area contributed by atoms with Gasteiger partial charge in [-0.25, -0.2) is 9.50 Å². The van der Waals surface area contributed by atoms with Crippen LogP contribution in [-0.2, 0) is 6.18 Å². The number of likely N-dealkylation sites (tertiary alicyclic amines) is 1. The Hall–Kier alpha value is -2.61. The number of rotatable bonds is 3.